The number of amides is 3. The smallest absolute Gasteiger partial charge is 0.408 e. The van der Waals surface area contributed by atoms with Gasteiger partial charge in [0.1, 0.15) is 17.7 Å². The van der Waals surface area contributed by atoms with E-state index in [4.69, 9.17) is 4.74 Å². The molecule has 0 aliphatic carbocycles. The molecule has 3 amide bonds. The average Bonchev–Trinajstić information content (AvgIpc) is 2.83. The van der Waals surface area contributed by atoms with Crippen molar-refractivity contribution in [3.63, 3.8) is 0 Å². The minimum Gasteiger partial charge on any atom is -0.444 e. The summed E-state index contributed by atoms with van der Waals surface area (Å²) in [6.45, 7) is 9.64. The number of nitrogens with one attached hydrogen (secondary N) is 2. The first-order valence-electron chi connectivity index (χ1n) is 13.4. The Balaban J connectivity index is 3.22. The van der Waals surface area contributed by atoms with Crippen molar-refractivity contribution in [1.82, 2.24) is 15.5 Å². The second-order valence-corrected chi connectivity index (χ2v) is 10.1. The second kappa shape index (κ2) is 17.0. The molecule has 0 aliphatic heterocycles. The molecule has 8 heteroatoms. The minimum absolute atomic E-state index is 0.270. The van der Waals surface area contributed by atoms with E-state index in [0.717, 1.165) is 44.9 Å². The maximum absolute atomic E-state index is 13.7. The van der Waals surface area contributed by atoms with Crippen molar-refractivity contribution in [1.29, 1.82) is 0 Å². The number of benzene rings is 1. The van der Waals surface area contributed by atoms with Gasteiger partial charge in [-0.05, 0) is 39.2 Å². The van der Waals surface area contributed by atoms with Crippen LogP contribution in [-0.4, -0.2) is 59.3 Å². The molecule has 0 fully saturated rings. The molecule has 0 heterocycles. The van der Waals surface area contributed by atoms with Crippen molar-refractivity contribution in [2.75, 3.05) is 19.7 Å². The van der Waals surface area contributed by atoms with Crippen LogP contribution in [0.5, 0.6) is 0 Å². The third-order valence-corrected chi connectivity index (χ3v) is 5.71. The van der Waals surface area contributed by atoms with E-state index in [0.29, 0.717) is 25.1 Å². The Morgan fingerprint density at radius 1 is 0.944 bits per heavy atom. The van der Waals surface area contributed by atoms with Gasteiger partial charge in [0.15, 0.2) is 0 Å². The van der Waals surface area contributed by atoms with Crippen LogP contribution in [0.3, 0.4) is 0 Å². The maximum Gasteiger partial charge on any atom is 0.408 e. The van der Waals surface area contributed by atoms with Crippen molar-refractivity contribution < 1.29 is 24.2 Å². The van der Waals surface area contributed by atoms with Gasteiger partial charge in [0.2, 0.25) is 11.8 Å². The number of aliphatic hydroxyl groups is 1. The number of nitrogens with zero attached hydrogens (tertiary/aromatic N) is 1. The van der Waals surface area contributed by atoms with Crippen molar-refractivity contribution in [3.8, 4) is 0 Å². The first-order valence-corrected chi connectivity index (χ1v) is 13.4. The van der Waals surface area contributed by atoms with Crippen LogP contribution in [0.25, 0.3) is 0 Å². The summed E-state index contributed by atoms with van der Waals surface area (Å²) in [7, 11) is 0. The molecule has 2 atom stereocenters. The van der Waals surface area contributed by atoms with E-state index in [1.165, 1.54) is 4.90 Å². The van der Waals surface area contributed by atoms with Gasteiger partial charge in [-0.15, -0.1) is 0 Å². The normalized spacial score (nSPS) is 12.9. The number of aliphatic hydroxyl groups excluding tert-OH is 1. The molecule has 3 N–H and O–H groups in total. The number of carbonyl (C=O) groups is 3. The van der Waals surface area contributed by atoms with Gasteiger partial charge in [-0.25, -0.2) is 4.79 Å². The average molecular weight is 506 g/mol. The van der Waals surface area contributed by atoms with Crippen LogP contribution in [0.2, 0.25) is 0 Å². The van der Waals surface area contributed by atoms with Crippen molar-refractivity contribution in [3.05, 3.63) is 35.9 Å². The summed E-state index contributed by atoms with van der Waals surface area (Å²) < 4.78 is 5.28. The molecule has 0 aromatic heterocycles. The third kappa shape index (κ3) is 11.9. The van der Waals surface area contributed by atoms with Gasteiger partial charge in [-0.3, -0.25) is 9.59 Å². The van der Waals surface area contributed by atoms with E-state index >= 15 is 0 Å². The van der Waals surface area contributed by atoms with Gasteiger partial charge in [0.25, 0.3) is 0 Å². The molecule has 0 saturated carbocycles. The highest BCUT2D eigenvalue weighted by Gasteiger charge is 2.35. The van der Waals surface area contributed by atoms with Gasteiger partial charge >= 0.3 is 6.09 Å². The molecule has 0 saturated heterocycles. The van der Waals surface area contributed by atoms with Crippen molar-refractivity contribution >= 4 is 17.9 Å². The Labute approximate surface area is 217 Å². The first-order chi connectivity index (χ1) is 17.1. The monoisotopic (exact) mass is 505 g/mol. The molecule has 2 unspecified atom stereocenters. The summed E-state index contributed by atoms with van der Waals surface area (Å²) >= 11 is 0. The van der Waals surface area contributed by atoms with Gasteiger partial charge in [0.05, 0.1) is 6.61 Å². The molecule has 1 rings (SSSR count). The van der Waals surface area contributed by atoms with Gasteiger partial charge in [0, 0.05) is 13.1 Å². The van der Waals surface area contributed by atoms with Crippen LogP contribution in [0.15, 0.2) is 30.3 Å². The summed E-state index contributed by atoms with van der Waals surface area (Å²) in [5.74, 6) is -0.787. The fraction of sp³-hybridized carbons (Fsp3) is 0.679. The first kappa shape index (κ1) is 31.4. The fourth-order valence-electron chi connectivity index (χ4n) is 3.88. The van der Waals surface area contributed by atoms with Crippen LogP contribution < -0.4 is 10.6 Å². The van der Waals surface area contributed by atoms with Gasteiger partial charge < -0.3 is 25.4 Å². The van der Waals surface area contributed by atoms with E-state index in [1.807, 2.05) is 30.3 Å². The number of ether oxygens (including phenoxy) is 1. The predicted octanol–water partition coefficient (Wildman–Crippen LogP) is 4.72. The molecule has 0 bridgehead atoms. The molecular formula is C28H47N3O5. The summed E-state index contributed by atoms with van der Waals surface area (Å²) in [4.78, 5) is 41.0. The molecule has 1 aromatic carbocycles. The van der Waals surface area contributed by atoms with Crippen molar-refractivity contribution in [2.45, 2.75) is 104 Å². The van der Waals surface area contributed by atoms with Crippen LogP contribution in [0.1, 0.15) is 97.6 Å². The highest BCUT2D eigenvalue weighted by molar-refractivity contribution is 5.92. The Morgan fingerprint density at radius 3 is 2.14 bits per heavy atom. The number of hydrogen-bond acceptors (Lipinski definition) is 5. The summed E-state index contributed by atoms with van der Waals surface area (Å²) in [6.07, 6.45) is 6.97. The lowest BCUT2D eigenvalue weighted by atomic mass is 10.0. The summed E-state index contributed by atoms with van der Waals surface area (Å²) in [5.41, 5.74) is -0.0711. The van der Waals surface area contributed by atoms with E-state index in [-0.39, 0.29) is 5.91 Å². The lowest BCUT2D eigenvalue weighted by Gasteiger charge is -2.34. The molecule has 0 radical (unpaired) electrons. The van der Waals surface area contributed by atoms with Gasteiger partial charge in [-0.1, -0.05) is 82.7 Å². The number of hydrogen-bond donors (Lipinski definition) is 3. The predicted molar refractivity (Wildman–Crippen MR) is 142 cm³/mol. The zero-order chi connectivity index (χ0) is 27.0. The fourth-order valence-corrected chi connectivity index (χ4v) is 3.88. The summed E-state index contributed by atoms with van der Waals surface area (Å²) in [6, 6.07) is 7.07. The molecule has 1 aromatic rings. The number of alkyl carbamates (subject to hydrolysis) is 1. The van der Waals surface area contributed by atoms with Crippen LogP contribution in [0.4, 0.5) is 4.79 Å². The van der Waals surface area contributed by atoms with Crippen LogP contribution in [-0.2, 0) is 14.3 Å². The summed E-state index contributed by atoms with van der Waals surface area (Å²) in [5, 5.41) is 15.5. The van der Waals surface area contributed by atoms with E-state index in [2.05, 4.69) is 24.5 Å². The van der Waals surface area contributed by atoms with E-state index in [9.17, 15) is 19.5 Å². The third-order valence-electron chi connectivity index (χ3n) is 5.71. The van der Waals surface area contributed by atoms with E-state index in [1.54, 1.807) is 20.8 Å². The lowest BCUT2D eigenvalue weighted by molar-refractivity contribution is -0.143. The Hall–Kier alpha value is -2.61. The standard InChI is InChI=1S/C28H47N3O5/c1-6-8-10-11-16-20-31(26(34)23(21-32)30-27(35)36-28(3,4)5)24(22-17-13-12-14-18-22)25(33)29-19-15-9-7-2/h12-14,17-18,23-24,32H,6-11,15-16,19-21H2,1-5H3,(H,29,33)(H,30,35). The highest BCUT2D eigenvalue weighted by Crippen LogP contribution is 2.23. The highest BCUT2D eigenvalue weighted by atomic mass is 16.6. The topological polar surface area (TPSA) is 108 Å². The molecule has 36 heavy (non-hydrogen) atoms. The molecule has 0 aliphatic rings. The molecular weight excluding hydrogens is 458 g/mol. The Kier molecular flexibility index (Phi) is 14.8. The second-order valence-electron chi connectivity index (χ2n) is 10.1. The minimum atomic E-state index is -1.23. The van der Waals surface area contributed by atoms with Crippen LogP contribution >= 0.6 is 0 Å². The van der Waals surface area contributed by atoms with Gasteiger partial charge in [-0.2, -0.15) is 0 Å². The Morgan fingerprint density at radius 2 is 1.56 bits per heavy atom. The largest absolute Gasteiger partial charge is 0.444 e. The SMILES string of the molecule is CCCCCCCN(C(=O)C(CO)NC(=O)OC(C)(C)C)C(C(=O)NCCCCC)c1ccccc1. The maximum atomic E-state index is 13.7. The zero-order valence-electron chi connectivity index (χ0n) is 22.8. The Bertz CT molecular complexity index is 779. The lowest BCUT2D eigenvalue weighted by Crippen LogP contribution is -2.54. The van der Waals surface area contributed by atoms with Crippen LogP contribution in [0, 0.1) is 0 Å². The number of unbranched alkanes of at least 4 members (excludes halogenated alkanes) is 6. The zero-order valence-corrected chi connectivity index (χ0v) is 22.8. The molecule has 8 nitrogen and oxygen atoms in total. The van der Waals surface area contributed by atoms with E-state index < -0.39 is 36.3 Å². The number of carbonyl (C=O) groups excluding carboxylic acids is 3. The van der Waals surface area contributed by atoms with Crippen molar-refractivity contribution in [2.24, 2.45) is 0 Å². The molecule has 204 valence electrons. The number of rotatable bonds is 16. The quantitative estimate of drug-likeness (QED) is 0.282. The molecule has 0 spiro atoms.